The Morgan fingerprint density at radius 2 is 2.20 bits per heavy atom. The standard InChI is InChI=1S/C8H8OSe/c9-7-5-10-8-4-2-1-3-6(7)8/h1-4,7,9H,5H2. The number of hydrogen-bond acceptors (Lipinski definition) is 1. The van der Waals surface area contributed by atoms with Crippen LogP contribution in [0.1, 0.15) is 11.7 Å². The van der Waals surface area contributed by atoms with Crippen LogP contribution in [0.3, 0.4) is 0 Å². The fraction of sp³-hybridized carbons (Fsp3) is 0.250. The quantitative estimate of drug-likeness (QED) is 0.602. The van der Waals surface area contributed by atoms with E-state index in [0.29, 0.717) is 15.0 Å². The molecule has 0 bridgehead atoms. The summed E-state index contributed by atoms with van der Waals surface area (Å²) in [6, 6.07) is 8.17. The molecule has 1 aliphatic heterocycles. The van der Waals surface area contributed by atoms with E-state index in [4.69, 9.17) is 0 Å². The van der Waals surface area contributed by atoms with Gasteiger partial charge in [-0.25, -0.2) is 0 Å². The fourth-order valence-electron chi connectivity index (χ4n) is 1.15. The molecule has 0 saturated heterocycles. The van der Waals surface area contributed by atoms with E-state index >= 15 is 0 Å². The molecule has 10 heavy (non-hydrogen) atoms. The van der Waals surface area contributed by atoms with E-state index in [1.165, 1.54) is 4.46 Å². The molecule has 1 heterocycles. The van der Waals surface area contributed by atoms with Crippen LogP contribution in [0.25, 0.3) is 0 Å². The van der Waals surface area contributed by atoms with Crippen molar-refractivity contribution in [2.24, 2.45) is 0 Å². The van der Waals surface area contributed by atoms with Gasteiger partial charge in [-0.3, -0.25) is 0 Å². The van der Waals surface area contributed by atoms with Crippen LogP contribution in [0.2, 0.25) is 5.32 Å². The molecular formula is C8H8OSe. The predicted octanol–water partition coefficient (Wildman–Crippen LogP) is 0.481. The van der Waals surface area contributed by atoms with E-state index in [-0.39, 0.29) is 6.10 Å². The Bertz CT molecular complexity index is 247. The summed E-state index contributed by atoms with van der Waals surface area (Å²) >= 11 is 0.524. The van der Waals surface area contributed by atoms with Crippen LogP contribution in [-0.2, 0) is 0 Å². The predicted molar refractivity (Wildman–Crippen MR) is 41.6 cm³/mol. The minimum atomic E-state index is -0.170. The number of aliphatic hydroxyl groups excluding tert-OH is 1. The summed E-state index contributed by atoms with van der Waals surface area (Å²) in [5.41, 5.74) is 1.16. The second-order valence-corrected chi connectivity index (χ2v) is 4.59. The molecule has 0 amide bonds. The van der Waals surface area contributed by atoms with E-state index in [1.807, 2.05) is 18.2 Å². The molecule has 2 heteroatoms. The van der Waals surface area contributed by atoms with Gasteiger partial charge < -0.3 is 0 Å². The molecule has 0 radical (unpaired) electrons. The summed E-state index contributed by atoms with van der Waals surface area (Å²) < 4.78 is 1.38. The summed E-state index contributed by atoms with van der Waals surface area (Å²) in [4.78, 5) is 0. The van der Waals surface area contributed by atoms with Crippen LogP contribution in [0.4, 0.5) is 0 Å². The first-order chi connectivity index (χ1) is 4.88. The van der Waals surface area contributed by atoms with Gasteiger partial charge in [-0.15, -0.1) is 0 Å². The Balaban J connectivity index is 2.51. The Kier molecular flexibility index (Phi) is 1.53. The molecule has 0 spiro atoms. The summed E-state index contributed by atoms with van der Waals surface area (Å²) in [5, 5.41) is 10.4. The van der Waals surface area contributed by atoms with Crippen molar-refractivity contribution in [3.8, 4) is 0 Å². The Labute approximate surface area is 66.2 Å². The average Bonchev–Trinajstić information content (AvgIpc) is 2.34. The first-order valence-electron chi connectivity index (χ1n) is 3.28. The second-order valence-electron chi connectivity index (χ2n) is 2.36. The first-order valence-corrected chi connectivity index (χ1v) is 5.34. The topological polar surface area (TPSA) is 20.2 Å². The van der Waals surface area contributed by atoms with Gasteiger partial charge in [0, 0.05) is 0 Å². The number of benzene rings is 1. The van der Waals surface area contributed by atoms with Gasteiger partial charge in [0.15, 0.2) is 0 Å². The molecule has 1 atom stereocenters. The number of hydrogen-bond donors (Lipinski definition) is 1. The zero-order valence-electron chi connectivity index (χ0n) is 5.45. The molecule has 1 aromatic rings. The van der Waals surface area contributed by atoms with E-state index in [9.17, 15) is 5.11 Å². The van der Waals surface area contributed by atoms with Gasteiger partial charge in [0.1, 0.15) is 0 Å². The average molecular weight is 199 g/mol. The zero-order chi connectivity index (χ0) is 6.97. The third kappa shape index (κ3) is 0.891. The Morgan fingerprint density at radius 1 is 1.40 bits per heavy atom. The molecule has 0 saturated carbocycles. The summed E-state index contributed by atoms with van der Waals surface area (Å²) in [5.74, 6) is 0. The maximum absolute atomic E-state index is 9.40. The monoisotopic (exact) mass is 200 g/mol. The van der Waals surface area contributed by atoms with Gasteiger partial charge in [0.2, 0.25) is 0 Å². The van der Waals surface area contributed by atoms with Crippen molar-refractivity contribution in [2.75, 3.05) is 0 Å². The van der Waals surface area contributed by atoms with E-state index in [2.05, 4.69) is 6.07 Å². The van der Waals surface area contributed by atoms with Crippen molar-refractivity contribution >= 4 is 19.4 Å². The van der Waals surface area contributed by atoms with Crippen LogP contribution in [0.5, 0.6) is 0 Å². The molecule has 1 unspecified atom stereocenters. The third-order valence-electron chi connectivity index (χ3n) is 1.67. The molecule has 1 aromatic carbocycles. The SMILES string of the molecule is OC1C[Se]c2ccccc21. The van der Waals surface area contributed by atoms with Crippen molar-refractivity contribution in [3.63, 3.8) is 0 Å². The van der Waals surface area contributed by atoms with Crippen LogP contribution in [0.15, 0.2) is 24.3 Å². The van der Waals surface area contributed by atoms with Crippen LogP contribution >= 0.6 is 0 Å². The Hall–Kier alpha value is -0.301. The van der Waals surface area contributed by atoms with Gasteiger partial charge in [-0.2, -0.15) is 0 Å². The number of fused-ring (bicyclic) bond motifs is 1. The summed E-state index contributed by atoms with van der Waals surface area (Å²) in [7, 11) is 0. The fourth-order valence-corrected chi connectivity index (χ4v) is 3.38. The molecule has 1 aliphatic rings. The summed E-state index contributed by atoms with van der Waals surface area (Å²) in [6.07, 6.45) is -0.170. The minimum absolute atomic E-state index is 0.170. The number of rotatable bonds is 0. The normalized spacial score (nSPS) is 22.7. The third-order valence-corrected chi connectivity index (χ3v) is 4.12. The molecule has 0 aliphatic carbocycles. The molecule has 0 fully saturated rings. The molecule has 2 rings (SSSR count). The van der Waals surface area contributed by atoms with Gasteiger partial charge in [0.25, 0.3) is 0 Å². The summed E-state index contributed by atoms with van der Waals surface area (Å²) in [6.45, 7) is 0. The van der Waals surface area contributed by atoms with E-state index < -0.39 is 0 Å². The van der Waals surface area contributed by atoms with Crippen molar-refractivity contribution in [1.82, 2.24) is 0 Å². The zero-order valence-corrected chi connectivity index (χ0v) is 7.16. The van der Waals surface area contributed by atoms with Crippen molar-refractivity contribution in [2.45, 2.75) is 11.4 Å². The maximum atomic E-state index is 9.40. The molecule has 52 valence electrons. The van der Waals surface area contributed by atoms with Gasteiger partial charge in [-0.05, 0) is 0 Å². The van der Waals surface area contributed by atoms with Crippen molar-refractivity contribution in [1.29, 1.82) is 0 Å². The van der Waals surface area contributed by atoms with Crippen molar-refractivity contribution in [3.05, 3.63) is 29.8 Å². The molecule has 0 aromatic heterocycles. The number of aliphatic hydroxyl groups is 1. The van der Waals surface area contributed by atoms with Gasteiger partial charge in [-0.1, -0.05) is 0 Å². The van der Waals surface area contributed by atoms with Crippen molar-refractivity contribution < 1.29 is 5.11 Å². The van der Waals surface area contributed by atoms with Gasteiger partial charge >= 0.3 is 65.8 Å². The molecule has 1 nitrogen and oxygen atoms in total. The first kappa shape index (κ1) is 6.41. The Morgan fingerprint density at radius 3 is 3.00 bits per heavy atom. The molecule has 1 N–H and O–H groups in total. The van der Waals surface area contributed by atoms with Crippen LogP contribution in [-0.4, -0.2) is 20.1 Å². The second kappa shape index (κ2) is 2.39. The van der Waals surface area contributed by atoms with Gasteiger partial charge in [0.05, 0.1) is 0 Å². The van der Waals surface area contributed by atoms with Crippen LogP contribution in [0, 0.1) is 0 Å². The van der Waals surface area contributed by atoms with E-state index in [0.717, 1.165) is 10.9 Å². The molecular weight excluding hydrogens is 191 g/mol. The van der Waals surface area contributed by atoms with Crippen LogP contribution < -0.4 is 4.46 Å². The van der Waals surface area contributed by atoms with E-state index in [1.54, 1.807) is 0 Å².